The van der Waals surface area contributed by atoms with E-state index in [-0.39, 0.29) is 10.6 Å². The SMILES string of the molecule is CCS(=O)(=O)c1cc(Br)cn(CCOC)c1=O. The van der Waals surface area contributed by atoms with Gasteiger partial charge in [-0.2, -0.15) is 0 Å². The highest BCUT2D eigenvalue weighted by Crippen LogP contribution is 2.13. The Morgan fingerprint density at radius 1 is 1.47 bits per heavy atom. The molecule has 0 bridgehead atoms. The molecule has 0 aliphatic heterocycles. The topological polar surface area (TPSA) is 65.4 Å². The van der Waals surface area contributed by atoms with E-state index in [0.717, 1.165) is 0 Å². The number of sulfone groups is 1. The van der Waals surface area contributed by atoms with Crippen molar-refractivity contribution >= 4 is 25.8 Å². The van der Waals surface area contributed by atoms with Crippen molar-refractivity contribution in [2.75, 3.05) is 19.5 Å². The molecule has 0 radical (unpaired) electrons. The Morgan fingerprint density at radius 3 is 2.65 bits per heavy atom. The summed E-state index contributed by atoms with van der Waals surface area (Å²) in [4.78, 5) is 11.8. The second-order valence-corrected chi connectivity index (χ2v) is 6.58. The summed E-state index contributed by atoms with van der Waals surface area (Å²) in [6, 6.07) is 1.34. The molecule has 0 unspecified atom stereocenters. The quantitative estimate of drug-likeness (QED) is 0.812. The van der Waals surface area contributed by atoms with Crippen LogP contribution in [0.4, 0.5) is 0 Å². The number of hydrogen-bond donors (Lipinski definition) is 0. The molecule has 0 amide bonds. The lowest BCUT2D eigenvalue weighted by molar-refractivity contribution is 0.186. The molecule has 0 atom stereocenters. The van der Waals surface area contributed by atoms with Gasteiger partial charge < -0.3 is 9.30 Å². The maximum atomic E-state index is 11.9. The van der Waals surface area contributed by atoms with E-state index in [9.17, 15) is 13.2 Å². The number of pyridine rings is 1. The fourth-order valence-corrected chi connectivity index (χ4v) is 2.94. The van der Waals surface area contributed by atoms with Gasteiger partial charge in [-0.1, -0.05) is 6.92 Å². The maximum absolute atomic E-state index is 11.9. The van der Waals surface area contributed by atoms with Crippen LogP contribution in [0.25, 0.3) is 0 Å². The molecule has 0 aliphatic carbocycles. The molecule has 1 heterocycles. The molecule has 7 heteroatoms. The van der Waals surface area contributed by atoms with Gasteiger partial charge in [0.05, 0.1) is 12.4 Å². The monoisotopic (exact) mass is 323 g/mol. The van der Waals surface area contributed by atoms with Crippen LogP contribution in [0.1, 0.15) is 6.92 Å². The summed E-state index contributed by atoms with van der Waals surface area (Å²) in [7, 11) is -1.98. The third-order valence-electron chi connectivity index (χ3n) is 2.27. The van der Waals surface area contributed by atoms with Crippen LogP contribution >= 0.6 is 15.9 Å². The van der Waals surface area contributed by atoms with Crippen LogP contribution in [-0.2, 0) is 21.1 Å². The van der Waals surface area contributed by atoms with Gasteiger partial charge in [0.25, 0.3) is 5.56 Å². The van der Waals surface area contributed by atoms with Crippen molar-refractivity contribution in [3.63, 3.8) is 0 Å². The molecule has 1 aromatic heterocycles. The van der Waals surface area contributed by atoms with E-state index in [2.05, 4.69) is 15.9 Å². The van der Waals surface area contributed by atoms with E-state index in [0.29, 0.717) is 17.6 Å². The zero-order valence-electron chi connectivity index (χ0n) is 9.64. The first-order chi connectivity index (χ1) is 7.92. The van der Waals surface area contributed by atoms with Gasteiger partial charge in [0, 0.05) is 24.3 Å². The Balaban J connectivity index is 3.34. The van der Waals surface area contributed by atoms with Gasteiger partial charge >= 0.3 is 0 Å². The minimum Gasteiger partial charge on any atom is -0.383 e. The fourth-order valence-electron chi connectivity index (χ4n) is 1.31. The summed E-state index contributed by atoms with van der Waals surface area (Å²) in [5.74, 6) is -0.0943. The van der Waals surface area contributed by atoms with Gasteiger partial charge in [-0.15, -0.1) is 0 Å². The van der Waals surface area contributed by atoms with Crippen molar-refractivity contribution in [3.05, 3.63) is 27.1 Å². The van der Waals surface area contributed by atoms with E-state index < -0.39 is 15.4 Å². The van der Waals surface area contributed by atoms with Crippen LogP contribution in [0.2, 0.25) is 0 Å². The molecule has 0 fully saturated rings. The Kier molecular flexibility index (Phi) is 4.91. The standard InChI is InChI=1S/C10H14BrNO4S/c1-3-17(14,15)9-6-8(11)7-12(10(9)13)4-5-16-2/h6-7H,3-5H2,1-2H3. The van der Waals surface area contributed by atoms with Gasteiger partial charge in [0.1, 0.15) is 4.90 Å². The number of aromatic nitrogens is 1. The summed E-state index contributed by atoms with van der Waals surface area (Å²) >= 11 is 3.20. The second-order valence-electron chi connectivity index (χ2n) is 3.42. The van der Waals surface area contributed by atoms with E-state index >= 15 is 0 Å². The van der Waals surface area contributed by atoms with E-state index in [1.807, 2.05) is 0 Å². The Morgan fingerprint density at radius 2 is 2.12 bits per heavy atom. The molecule has 1 rings (SSSR count). The summed E-state index contributed by atoms with van der Waals surface area (Å²) in [6.45, 7) is 2.18. The largest absolute Gasteiger partial charge is 0.383 e. The lowest BCUT2D eigenvalue weighted by atomic mass is 10.4. The first-order valence-electron chi connectivity index (χ1n) is 5.04. The molecular formula is C10H14BrNO4S. The predicted octanol–water partition coefficient (Wildman–Crippen LogP) is 1.05. The van der Waals surface area contributed by atoms with Crippen molar-refractivity contribution < 1.29 is 13.2 Å². The molecule has 96 valence electrons. The molecular weight excluding hydrogens is 310 g/mol. The third kappa shape index (κ3) is 3.40. The fraction of sp³-hybridized carbons (Fsp3) is 0.500. The number of rotatable bonds is 5. The second kappa shape index (κ2) is 5.79. The normalized spacial score (nSPS) is 11.7. The smallest absolute Gasteiger partial charge is 0.269 e. The molecule has 17 heavy (non-hydrogen) atoms. The van der Waals surface area contributed by atoms with Crippen molar-refractivity contribution in [3.8, 4) is 0 Å². The lowest BCUT2D eigenvalue weighted by Gasteiger charge is -2.08. The van der Waals surface area contributed by atoms with Crippen LogP contribution in [0.15, 0.2) is 26.4 Å². The van der Waals surface area contributed by atoms with Gasteiger partial charge in [-0.3, -0.25) is 4.79 Å². The van der Waals surface area contributed by atoms with Gasteiger partial charge in [0.2, 0.25) is 0 Å². The number of methoxy groups -OCH3 is 1. The Hall–Kier alpha value is -0.660. The number of hydrogen-bond acceptors (Lipinski definition) is 4. The highest BCUT2D eigenvalue weighted by Gasteiger charge is 2.18. The minimum absolute atomic E-state index is 0.0943. The first-order valence-corrected chi connectivity index (χ1v) is 7.48. The zero-order valence-corrected chi connectivity index (χ0v) is 12.0. The van der Waals surface area contributed by atoms with E-state index in [1.165, 1.54) is 24.7 Å². The molecule has 1 aromatic rings. The molecule has 5 nitrogen and oxygen atoms in total. The van der Waals surface area contributed by atoms with Gasteiger partial charge in [0.15, 0.2) is 9.84 Å². The van der Waals surface area contributed by atoms with Crippen LogP contribution in [-0.4, -0.2) is 32.5 Å². The third-order valence-corrected chi connectivity index (χ3v) is 4.43. The zero-order chi connectivity index (χ0) is 13.1. The van der Waals surface area contributed by atoms with Crippen molar-refractivity contribution in [1.82, 2.24) is 4.57 Å². The highest BCUT2D eigenvalue weighted by molar-refractivity contribution is 9.10. The van der Waals surface area contributed by atoms with Crippen molar-refractivity contribution in [2.24, 2.45) is 0 Å². The van der Waals surface area contributed by atoms with E-state index in [1.54, 1.807) is 6.20 Å². The highest BCUT2D eigenvalue weighted by atomic mass is 79.9. The number of nitrogens with zero attached hydrogens (tertiary/aromatic N) is 1. The predicted molar refractivity (Wildman–Crippen MR) is 68.0 cm³/mol. The molecule has 0 aliphatic rings. The lowest BCUT2D eigenvalue weighted by Crippen LogP contribution is -2.27. The van der Waals surface area contributed by atoms with E-state index in [4.69, 9.17) is 4.74 Å². The summed E-state index contributed by atoms with van der Waals surface area (Å²) in [6.07, 6.45) is 1.55. The van der Waals surface area contributed by atoms with Crippen LogP contribution < -0.4 is 5.56 Å². The first kappa shape index (κ1) is 14.4. The summed E-state index contributed by atoms with van der Waals surface area (Å²) in [5.41, 5.74) is -0.507. The maximum Gasteiger partial charge on any atom is 0.269 e. The van der Waals surface area contributed by atoms with Crippen molar-refractivity contribution in [2.45, 2.75) is 18.4 Å². The Labute approximate surface area is 108 Å². The number of ether oxygens (including phenoxy) is 1. The minimum atomic E-state index is -3.50. The van der Waals surface area contributed by atoms with Gasteiger partial charge in [-0.05, 0) is 22.0 Å². The Bertz CT molecular complexity index is 550. The summed E-state index contributed by atoms with van der Waals surface area (Å²) in [5, 5.41) is 0. The molecule has 0 N–H and O–H groups in total. The van der Waals surface area contributed by atoms with Crippen molar-refractivity contribution in [1.29, 1.82) is 0 Å². The number of halogens is 1. The molecule has 0 aromatic carbocycles. The summed E-state index contributed by atoms with van der Waals surface area (Å²) < 4.78 is 30.2. The molecule has 0 spiro atoms. The van der Waals surface area contributed by atoms with Crippen LogP contribution in [0.3, 0.4) is 0 Å². The van der Waals surface area contributed by atoms with Crippen LogP contribution in [0.5, 0.6) is 0 Å². The van der Waals surface area contributed by atoms with Crippen LogP contribution in [0, 0.1) is 0 Å². The molecule has 0 saturated heterocycles. The average Bonchev–Trinajstić information content (AvgIpc) is 2.29. The average molecular weight is 324 g/mol. The van der Waals surface area contributed by atoms with Gasteiger partial charge in [-0.25, -0.2) is 8.42 Å². The molecule has 0 saturated carbocycles.